The van der Waals surface area contributed by atoms with Crippen LogP contribution in [-0.4, -0.2) is 79.5 Å². The number of carbonyl (C=O) groups is 1. The Labute approximate surface area is 265 Å². The highest BCUT2D eigenvalue weighted by Gasteiger charge is 2.40. The first-order valence-electron chi connectivity index (χ1n) is 14.5. The molecule has 4 atom stereocenters. The van der Waals surface area contributed by atoms with Crippen LogP contribution in [0.1, 0.15) is 19.4 Å². The quantitative estimate of drug-likeness (QED) is 0.149. The number of nitrogens with two attached hydrogens (primary N) is 1. The number of rotatable bonds is 14. The summed E-state index contributed by atoms with van der Waals surface area (Å²) in [5, 5.41) is 25.5. The first-order valence-corrected chi connectivity index (χ1v) is 15.9. The van der Waals surface area contributed by atoms with E-state index in [0.29, 0.717) is 5.69 Å². The summed E-state index contributed by atoms with van der Waals surface area (Å²) in [5.74, 6) is -0.628. The maximum Gasteiger partial charge on any atom is 0.573 e. The molecule has 1 unspecified atom stereocenters. The van der Waals surface area contributed by atoms with Gasteiger partial charge in [-0.05, 0) is 54.3 Å². The zero-order valence-corrected chi connectivity index (χ0v) is 26.0. The van der Waals surface area contributed by atoms with Gasteiger partial charge in [0.2, 0.25) is 10.0 Å². The molecule has 250 valence electrons. The second-order valence-electron chi connectivity index (χ2n) is 11.3. The maximum atomic E-state index is 13.6. The number of amides is 1. The molecule has 3 aromatic rings. The lowest BCUT2D eigenvalue weighted by Gasteiger charge is -2.32. The predicted octanol–water partition coefficient (Wildman–Crippen LogP) is 3.72. The number of alkyl halides is 3. The fraction of sp³-hybridized carbons (Fsp3) is 0.387. The van der Waals surface area contributed by atoms with Crippen LogP contribution in [0, 0.1) is 5.92 Å². The summed E-state index contributed by atoms with van der Waals surface area (Å²) < 4.78 is 75.8. The lowest BCUT2D eigenvalue weighted by molar-refractivity contribution is -0.274. The van der Waals surface area contributed by atoms with Gasteiger partial charge in [-0.15, -0.1) is 13.2 Å². The number of nitrogens with zero attached hydrogens (tertiary/aromatic N) is 2. The molecule has 0 bridgehead atoms. The van der Waals surface area contributed by atoms with Crippen molar-refractivity contribution in [1.29, 1.82) is 0 Å². The van der Waals surface area contributed by atoms with Gasteiger partial charge < -0.3 is 25.4 Å². The summed E-state index contributed by atoms with van der Waals surface area (Å²) in [6.07, 6.45) is -9.75. The van der Waals surface area contributed by atoms with Crippen molar-refractivity contribution in [3.05, 3.63) is 84.4 Å². The van der Waals surface area contributed by atoms with Crippen molar-refractivity contribution in [2.24, 2.45) is 5.92 Å². The fourth-order valence-corrected chi connectivity index (χ4v) is 6.63. The first-order chi connectivity index (χ1) is 21.6. The summed E-state index contributed by atoms with van der Waals surface area (Å²) >= 11 is 0. The lowest BCUT2D eigenvalue weighted by atomic mass is 10.00. The number of nitrogens with one attached hydrogen (secondary N) is 1. The van der Waals surface area contributed by atoms with Crippen LogP contribution >= 0.6 is 0 Å². The highest BCUT2D eigenvalue weighted by Crippen LogP contribution is 2.30. The van der Waals surface area contributed by atoms with Gasteiger partial charge in [0.05, 0.1) is 23.2 Å². The van der Waals surface area contributed by atoms with Crippen LogP contribution in [-0.2, 0) is 21.2 Å². The summed E-state index contributed by atoms with van der Waals surface area (Å²) in [5.41, 5.74) is 6.96. The van der Waals surface area contributed by atoms with Crippen LogP contribution in [0.15, 0.2) is 83.8 Å². The summed E-state index contributed by atoms with van der Waals surface area (Å²) in [6, 6.07) is 18.6. The molecular formula is C31H37F3N4O7S. The molecule has 0 spiro atoms. The zero-order valence-electron chi connectivity index (χ0n) is 25.2. The second-order valence-corrected chi connectivity index (χ2v) is 13.3. The molecule has 1 amide bonds. The van der Waals surface area contributed by atoms with E-state index in [1.54, 1.807) is 24.3 Å². The molecule has 0 aliphatic carbocycles. The van der Waals surface area contributed by atoms with Gasteiger partial charge in [0.15, 0.2) is 6.10 Å². The van der Waals surface area contributed by atoms with E-state index in [-0.39, 0.29) is 42.6 Å². The Morgan fingerprint density at radius 2 is 1.72 bits per heavy atom. The molecule has 15 heteroatoms. The number of sulfonamides is 1. The van der Waals surface area contributed by atoms with Crippen LogP contribution in [0.5, 0.6) is 5.75 Å². The summed E-state index contributed by atoms with van der Waals surface area (Å²) in [4.78, 5) is 13.7. The van der Waals surface area contributed by atoms with E-state index in [4.69, 9.17) is 10.5 Å². The van der Waals surface area contributed by atoms with E-state index >= 15 is 0 Å². The van der Waals surface area contributed by atoms with E-state index < -0.39 is 52.7 Å². The van der Waals surface area contributed by atoms with Gasteiger partial charge in [-0.25, -0.2) is 13.2 Å². The minimum absolute atomic E-state index is 0.00446. The second kappa shape index (κ2) is 14.7. The Bertz CT molecular complexity index is 1560. The molecule has 46 heavy (non-hydrogen) atoms. The standard InChI is InChI=1S/C31H37F3N4O7S/c1-20(2)17-37(46(42,43)25-13-11-22(35)12-14-25)18-27(39)26(15-21-7-4-3-5-8-21)36-29(40)28-19-38(30(41)44-28)23-9-6-10-24(16-23)45-31(32,33)34/h3-14,16,20,26-29,36,39-40H,15,17-19,35H2,1-2H3/t26-,27+,28-,29?/m0/s1. The number of cyclic esters (lactones) is 1. The topological polar surface area (TPSA) is 155 Å². The van der Waals surface area contributed by atoms with Crippen molar-refractivity contribution < 1.29 is 46.1 Å². The zero-order chi connectivity index (χ0) is 33.6. The fourth-order valence-electron chi connectivity index (χ4n) is 5.01. The SMILES string of the molecule is CC(C)CN(C[C@@H](O)[C@H](Cc1ccccc1)NC(O)[C@@H]1CN(c2cccc(OC(F)(F)F)c2)C(=O)O1)S(=O)(=O)c1ccc(N)cc1. The number of nitrogen functional groups attached to an aromatic ring is 1. The van der Waals surface area contributed by atoms with Gasteiger partial charge in [-0.2, -0.15) is 4.31 Å². The Balaban J connectivity index is 1.53. The number of carbonyl (C=O) groups excluding carboxylic acids is 1. The number of aliphatic hydroxyl groups excluding tert-OH is 2. The smallest absolute Gasteiger partial charge is 0.440 e. The van der Waals surface area contributed by atoms with Crippen molar-refractivity contribution in [1.82, 2.24) is 9.62 Å². The number of anilines is 2. The molecule has 1 aliphatic rings. The Kier molecular flexibility index (Phi) is 11.2. The predicted molar refractivity (Wildman–Crippen MR) is 164 cm³/mol. The van der Waals surface area contributed by atoms with Crippen molar-refractivity contribution in [2.45, 2.75) is 56.0 Å². The Morgan fingerprint density at radius 1 is 1.04 bits per heavy atom. The van der Waals surface area contributed by atoms with Crippen molar-refractivity contribution in [2.75, 3.05) is 30.3 Å². The van der Waals surface area contributed by atoms with Crippen LogP contribution in [0.3, 0.4) is 0 Å². The van der Waals surface area contributed by atoms with E-state index in [1.807, 2.05) is 19.9 Å². The van der Waals surface area contributed by atoms with Gasteiger partial charge in [0.1, 0.15) is 12.0 Å². The highest BCUT2D eigenvalue weighted by atomic mass is 32.2. The number of halogens is 3. The number of aliphatic hydroxyl groups is 2. The largest absolute Gasteiger partial charge is 0.573 e. The van der Waals surface area contributed by atoms with Gasteiger partial charge in [-0.1, -0.05) is 50.2 Å². The number of hydrogen-bond donors (Lipinski definition) is 4. The average Bonchev–Trinajstić information content (AvgIpc) is 3.38. The molecule has 1 heterocycles. The van der Waals surface area contributed by atoms with E-state index in [9.17, 15) is 36.6 Å². The molecule has 4 rings (SSSR count). The molecule has 0 saturated carbocycles. The molecule has 0 aromatic heterocycles. The normalized spacial score (nSPS) is 17.6. The molecule has 1 aliphatic heterocycles. The van der Waals surface area contributed by atoms with E-state index in [2.05, 4.69) is 10.1 Å². The van der Waals surface area contributed by atoms with E-state index in [0.717, 1.165) is 22.6 Å². The molecule has 1 fully saturated rings. The minimum Gasteiger partial charge on any atom is -0.440 e. The summed E-state index contributed by atoms with van der Waals surface area (Å²) in [7, 11) is -4.05. The van der Waals surface area contributed by atoms with Gasteiger partial charge in [-0.3, -0.25) is 10.2 Å². The number of hydrogen-bond acceptors (Lipinski definition) is 9. The van der Waals surface area contributed by atoms with E-state index in [1.165, 1.54) is 40.7 Å². The van der Waals surface area contributed by atoms with Crippen molar-refractivity contribution in [3.8, 4) is 5.75 Å². The van der Waals surface area contributed by atoms with Gasteiger partial charge in [0, 0.05) is 30.9 Å². The lowest BCUT2D eigenvalue weighted by Crippen LogP contribution is -2.55. The maximum absolute atomic E-state index is 13.6. The van der Waals surface area contributed by atoms with Gasteiger partial charge in [0.25, 0.3) is 0 Å². The molecule has 5 N–H and O–H groups in total. The number of ether oxygens (including phenoxy) is 2. The molecule has 0 radical (unpaired) electrons. The third-order valence-electron chi connectivity index (χ3n) is 7.18. The van der Waals surface area contributed by atoms with Crippen LogP contribution in [0.4, 0.5) is 29.3 Å². The number of benzene rings is 3. The monoisotopic (exact) mass is 666 g/mol. The minimum atomic E-state index is -4.93. The first kappa shape index (κ1) is 35.0. The molecule has 11 nitrogen and oxygen atoms in total. The Hall–Kier alpha value is -3.89. The van der Waals surface area contributed by atoms with Crippen molar-refractivity contribution >= 4 is 27.5 Å². The Morgan fingerprint density at radius 3 is 2.35 bits per heavy atom. The van der Waals surface area contributed by atoms with Crippen LogP contribution in [0.25, 0.3) is 0 Å². The third-order valence-corrected chi connectivity index (χ3v) is 9.02. The van der Waals surface area contributed by atoms with Gasteiger partial charge >= 0.3 is 12.5 Å². The average molecular weight is 667 g/mol. The highest BCUT2D eigenvalue weighted by molar-refractivity contribution is 7.89. The molecular weight excluding hydrogens is 629 g/mol. The summed E-state index contributed by atoms with van der Waals surface area (Å²) in [6.45, 7) is 3.21. The third kappa shape index (κ3) is 9.33. The van der Waals surface area contributed by atoms with Crippen LogP contribution < -0.4 is 20.7 Å². The van der Waals surface area contributed by atoms with Crippen molar-refractivity contribution in [3.63, 3.8) is 0 Å². The van der Waals surface area contributed by atoms with Crippen LogP contribution in [0.2, 0.25) is 0 Å². The molecule has 1 saturated heterocycles. The molecule has 3 aromatic carbocycles.